The van der Waals surface area contributed by atoms with Crippen molar-refractivity contribution in [3.63, 3.8) is 0 Å². The first kappa shape index (κ1) is 15.0. The fourth-order valence-corrected chi connectivity index (χ4v) is 2.32. The molecule has 0 aliphatic carbocycles. The number of pyridine rings is 1. The molecule has 0 fully saturated rings. The number of rotatable bonds is 5. The van der Waals surface area contributed by atoms with E-state index in [0.717, 1.165) is 12.2 Å². The number of ether oxygens (including phenoxy) is 1. The molecule has 1 amide bonds. The molecular formula is C17H18N4O2. The molecule has 0 bridgehead atoms. The Hall–Kier alpha value is -2.89. The maximum Gasteiger partial charge on any atom is 0.259 e. The zero-order valence-electron chi connectivity index (χ0n) is 13.1. The highest BCUT2D eigenvalue weighted by molar-refractivity contribution is 6.07. The van der Waals surface area contributed by atoms with Gasteiger partial charge in [0, 0.05) is 12.6 Å². The van der Waals surface area contributed by atoms with Gasteiger partial charge in [-0.25, -0.2) is 9.50 Å². The molecule has 0 spiro atoms. The Morgan fingerprint density at radius 1 is 1.22 bits per heavy atom. The van der Waals surface area contributed by atoms with Crippen LogP contribution in [-0.4, -0.2) is 27.1 Å². The first-order valence-corrected chi connectivity index (χ1v) is 7.60. The normalized spacial score (nSPS) is 10.7. The van der Waals surface area contributed by atoms with E-state index in [2.05, 4.69) is 15.4 Å². The molecule has 0 atom stereocenters. The van der Waals surface area contributed by atoms with Gasteiger partial charge in [0.2, 0.25) is 0 Å². The first-order valence-electron chi connectivity index (χ1n) is 7.60. The largest absolute Gasteiger partial charge is 0.493 e. The third-order valence-electron chi connectivity index (χ3n) is 3.40. The van der Waals surface area contributed by atoms with Crippen molar-refractivity contribution in [3.05, 3.63) is 54.0 Å². The van der Waals surface area contributed by atoms with Crippen molar-refractivity contribution in [2.75, 3.05) is 11.9 Å². The van der Waals surface area contributed by atoms with Gasteiger partial charge in [0.1, 0.15) is 5.75 Å². The Morgan fingerprint density at radius 3 is 2.83 bits per heavy atom. The number of nitrogens with one attached hydrogen (secondary N) is 1. The summed E-state index contributed by atoms with van der Waals surface area (Å²) in [6.45, 7) is 4.38. The van der Waals surface area contributed by atoms with Crippen LogP contribution >= 0.6 is 0 Å². The SMILES string of the molecule is CCOc1ccccc1C(=O)Nc1cccn2nc(CC)nc12. The van der Waals surface area contributed by atoms with E-state index >= 15 is 0 Å². The number of carbonyl (C=O) groups is 1. The van der Waals surface area contributed by atoms with Gasteiger partial charge in [-0.15, -0.1) is 0 Å². The minimum Gasteiger partial charge on any atom is -0.493 e. The molecule has 3 rings (SSSR count). The molecule has 118 valence electrons. The van der Waals surface area contributed by atoms with Gasteiger partial charge in [0.25, 0.3) is 5.91 Å². The second kappa shape index (κ2) is 6.48. The van der Waals surface area contributed by atoms with Crippen LogP contribution in [0.15, 0.2) is 42.6 Å². The predicted octanol–water partition coefficient (Wildman–Crippen LogP) is 2.94. The summed E-state index contributed by atoms with van der Waals surface area (Å²) < 4.78 is 7.18. The highest BCUT2D eigenvalue weighted by Crippen LogP contribution is 2.21. The molecular weight excluding hydrogens is 292 g/mol. The van der Waals surface area contributed by atoms with Crippen molar-refractivity contribution in [1.29, 1.82) is 0 Å². The van der Waals surface area contributed by atoms with Gasteiger partial charge < -0.3 is 10.1 Å². The van der Waals surface area contributed by atoms with Crippen molar-refractivity contribution in [2.24, 2.45) is 0 Å². The Labute approximate surface area is 134 Å². The Balaban J connectivity index is 1.93. The lowest BCUT2D eigenvalue weighted by Gasteiger charge is -2.10. The van der Waals surface area contributed by atoms with E-state index in [-0.39, 0.29) is 5.91 Å². The third kappa shape index (κ3) is 3.01. The van der Waals surface area contributed by atoms with E-state index in [0.29, 0.717) is 29.3 Å². The van der Waals surface area contributed by atoms with Crippen LogP contribution in [0, 0.1) is 0 Å². The van der Waals surface area contributed by atoms with E-state index in [4.69, 9.17) is 4.74 Å². The lowest BCUT2D eigenvalue weighted by atomic mass is 10.2. The second-order valence-corrected chi connectivity index (χ2v) is 4.95. The lowest BCUT2D eigenvalue weighted by Crippen LogP contribution is -2.14. The van der Waals surface area contributed by atoms with Crippen LogP contribution in [0.5, 0.6) is 5.75 Å². The highest BCUT2D eigenvalue weighted by atomic mass is 16.5. The minimum atomic E-state index is -0.233. The quantitative estimate of drug-likeness (QED) is 0.786. The van der Waals surface area contributed by atoms with Gasteiger partial charge in [-0.3, -0.25) is 4.79 Å². The van der Waals surface area contributed by atoms with Crippen LogP contribution in [0.25, 0.3) is 5.65 Å². The average Bonchev–Trinajstić information content (AvgIpc) is 3.00. The second-order valence-electron chi connectivity index (χ2n) is 4.95. The van der Waals surface area contributed by atoms with Crippen LogP contribution < -0.4 is 10.1 Å². The summed E-state index contributed by atoms with van der Waals surface area (Å²) in [5.74, 6) is 1.07. The molecule has 0 unspecified atom stereocenters. The molecule has 0 saturated carbocycles. The number of benzene rings is 1. The molecule has 3 aromatic rings. The van der Waals surface area contributed by atoms with E-state index in [1.54, 1.807) is 16.6 Å². The number of nitrogens with zero attached hydrogens (tertiary/aromatic N) is 3. The number of para-hydroxylation sites is 1. The summed E-state index contributed by atoms with van der Waals surface area (Å²) in [7, 11) is 0. The van der Waals surface area contributed by atoms with Crippen LogP contribution in [0.2, 0.25) is 0 Å². The first-order chi connectivity index (χ1) is 11.2. The maximum absolute atomic E-state index is 12.6. The molecule has 1 aromatic carbocycles. The molecule has 0 aliphatic rings. The van der Waals surface area contributed by atoms with Crippen molar-refractivity contribution >= 4 is 17.2 Å². The zero-order valence-corrected chi connectivity index (χ0v) is 13.1. The monoisotopic (exact) mass is 310 g/mol. The number of carbonyl (C=O) groups excluding carboxylic acids is 1. The van der Waals surface area contributed by atoms with Crippen molar-refractivity contribution in [3.8, 4) is 5.75 Å². The molecule has 2 aromatic heterocycles. The van der Waals surface area contributed by atoms with E-state index < -0.39 is 0 Å². The maximum atomic E-state index is 12.6. The summed E-state index contributed by atoms with van der Waals surface area (Å²) in [6, 6.07) is 10.8. The van der Waals surface area contributed by atoms with Crippen LogP contribution in [0.3, 0.4) is 0 Å². The fourth-order valence-electron chi connectivity index (χ4n) is 2.32. The van der Waals surface area contributed by atoms with E-state index in [1.807, 2.05) is 44.3 Å². The van der Waals surface area contributed by atoms with Gasteiger partial charge in [-0.05, 0) is 31.2 Å². The number of aromatic nitrogens is 3. The zero-order chi connectivity index (χ0) is 16.2. The van der Waals surface area contributed by atoms with Gasteiger partial charge in [0.15, 0.2) is 11.5 Å². The van der Waals surface area contributed by atoms with Crippen LogP contribution in [0.4, 0.5) is 5.69 Å². The van der Waals surface area contributed by atoms with Crippen LogP contribution in [0.1, 0.15) is 30.0 Å². The Kier molecular flexibility index (Phi) is 4.23. The molecule has 6 heteroatoms. The number of hydrogen-bond acceptors (Lipinski definition) is 4. The molecule has 1 N–H and O–H groups in total. The molecule has 2 heterocycles. The predicted molar refractivity (Wildman–Crippen MR) is 87.9 cm³/mol. The number of hydrogen-bond donors (Lipinski definition) is 1. The van der Waals surface area contributed by atoms with E-state index in [1.165, 1.54) is 0 Å². The fraction of sp³-hybridized carbons (Fsp3) is 0.235. The van der Waals surface area contributed by atoms with Gasteiger partial charge >= 0.3 is 0 Å². The number of anilines is 1. The molecule has 6 nitrogen and oxygen atoms in total. The smallest absolute Gasteiger partial charge is 0.259 e. The van der Waals surface area contributed by atoms with Gasteiger partial charge in [0.05, 0.1) is 17.9 Å². The number of fused-ring (bicyclic) bond motifs is 1. The number of aryl methyl sites for hydroxylation is 1. The summed E-state index contributed by atoms with van der Waals surface area (Å²) in [4.78, 5) is 17.0. The van der Waals surface area contributed by atoms with Crippen LogP contribution in [-0.2, 0) is 6.42 Å². The average molecular weight is 310 g/mol. The van der Waals surface area contributed by atoms with Crippen molar-refractivity contribution in [2.45, 2.75) is 20.3 Å². The lowest BCUT2D eigenvalue weighted by molar-refractivity contribution is 0.102. The van der Waals surface area contributed by atoms with Crippen molar-refractivity contribution in [1.82, 2.24) is 14.6 Å². The third-order valence-corrected chi connectivity index (χ3v) is 3.40. The van der Waals surface area contributed by atoms with Crippen molar-refractivity contribution < 1.29 is 9.53 Å². The minimum absolute atomic E-state index is 0.233. The van der Waals surface area contributed by atoms with E-state index in [9.17, 15) is 4.79 Å². The standard InChI is InChI=1S/C17H18N4O2/c1-3-15-19-16-13(9-7-11-21(16)20-15)18-17(22)12-8-5-6-10-14(12)23-4-2/h5-11H,3-4H2,1-2H3,(H,18,22). The Bertz CT molecular complexity index is 841. The molecule has 0 radical (unpaired) electrons. The summed E-state index contributed by atoms with van der Waals surface area (Å²) >= 11 is 0. The Morgan fingerprint density at radius 2 is 2.04 bits per heavy atom. The summed E-state index contributed by atoms with van der Waals surface area (Å²) in [6.07, 6.45) is 2.55. The summed E-state index contributed by atoms with van der Waals surface area (Å²) in [5.41, 5.74) is 1.74. The topological polar surface area (TPSA) is 68.5 Å². The van der Waals surface area contributed by atoms with Gasteiger partial charge in [-0.2, -0.15) is 5.10 Å². The summed E-state index contributed by atoms with van der Waals surface area (Å²) in [5, 5.41) is 7.24. The molecule has 0 aliphatic heterocycles. The number of amides is 1. The highest BCUT2D eigenvalue weighted by Gasteiger charge is 2.14. The molecule has 23 heavy (non-hydrogen) atoms. The molecule has 0 saturated heterocycles. The van der Waals surface area contributed by atoms with Gasteiger partial charge in [-0.1, -0.05) is 19.1 Å².